The lowest BCUT2D eigenvalue weighted by atomic mass is 10.1. The van der Waals surface area contributed by atoms with Crippen LogP contribution in [0.25, 0.3) is 0 Å². The number of halogens is 1. The van der Waals surface area contributed by atoms with E-state index in [1.165, 1.54) is 5.69 Å². The van der Waals surface area contributed by atoms with Gasteiger partial charge in [-0.3, -0.25) is 9.69 Å². The number of benzene rings is 1. The summed E-state index contributed by atoms with van der Waals surface area (Å²) in [6.45, 7) is 3.28. The molecule has 1 N–H and O–H groups in total. The second kappa shape index (κ2) is 6.77. The normalized spacial score (nSPS) is 18.3. The molecule has 1 aromatic carbocycles. The van der Waals surface area contributed by atoms with Crippen molar-refractivity contribution in [1.29, 1.82) is 0 Å². The standard InChI is InChI=1S/C18H22ClN3O/c1-13-14(19)6-3-7-15(13)20-18(23)12-22-11-5-9-17(22)16-8-4-10-21(16)2/h3-4,6-8,10,17H,5,9,11-12H2,1-2H3,(H,20,23)/t17-/m1/s1. The first-order chi connectivity index (χ1) is 11.1. The third kappa shape index (κ3) is 3.43. The molecule has 0 spiro atoms. The summed E-state index contributed by atoms with van der Waals surface area (Å²) in [4.78, 5) is 14.7. The van der Waals surface area contributed by atoms with Gasteiger partial charge in [-0.15, -0.1) is 0 Å². The van der Waals surface area contributed by atoms with Crippen LogP contribution in [0.2, 0.25) is 5.02 Å². The van der Waals surface area contributed by atoms with Gasteiger partial charge in [0.2, 0.25) is 5.91 Å². The molecular weight excluding hydrogens is 310 g/mol. The summed E-state index contributed by atoms with van der Waals surface area (Å²) in [5.74, 6) is 0.0106. The average molecular weight is 332 g/mol. The molecule has 1 aliphatic heterocycles. The van der Waals surface area contributed by atoms with Gasteiger partial charge in [-0.25, -0.2) is 0 Å². The van der Waals surface area contributed by atoms with E-state index >= 15 is 0 Å². The molecule has 2 aromatic rings. The van der Waals surface area contributed by atoms with Crippen molar-refractivity contribution in [3.05, 3.63) is 52.8 Å². The van der Waals surface area contributed by atoms with Gasteiger partial charge < -0.3 is 9.88 Å². The second-order valence-corrected chi connectivity index (χ2v) is 6.54. The minimum atomic E-state index is 0.0106. The molecule has 1 aromatic heterocycles. The number of nitrogens with zero attached hydrogens (tertiary/aromatic N) is 2. The highest BCUT2D eigenvalue weighted by Gasteiger charge is 2.29. The highest BCUT2D eigenvalue weighted by atomic mass is 35.5. The predicted molar refractivity (Wildman–Crippen MR) is 93.8 cm³/mol. The number of amides is 1. The maximum Gasteiger partial charge on any atom is 0.238 e. The summed E-state index contributed by atoms with van der Waals surface area (Å²) >= 11 is 6.11. The van der Waals surface area contributed by atoms with Gasteiger partial charge in [0, 0.05) is 29.6 Å². The monoisotopic (exact) mass is 331 g/mol. The molecule has 1 amide bonds. The molecule has 5 heteroatoms. The summed E-state index contributed by atoms with van der Waals surface area (Å²) in [6, 6.07) is 10.1. The average Bonchev–Trinajstić information content (AvgIpc) is 3.12. The zero-order chi connectivity index (χ0) is 16.4. The first-order valence-electron chi connectivity index (χ1n) is 7.96. The van der Waals surface area contributed by atoms with E-state index in [1.54, 1.807) is 0 Å². The molecule has 3 rings (SSSR count). The van der Waals surface area contributed by atoms with Crippen LogP contribution in [-0.4, -0.2) is 28.5 Å². The van der Waals surface area contributed by atoms with E-state index in [0.717, 1.165) is 30.6 Å². The molecule has 0 aliphatic carbocycles. The number of hydrogen-bond donors (Lipinski definition) is 1. The largest absolute Gasteiger partial charge is 0.353 e. The number of rotatable bonds is 4. The van der Waals surface area contributed by atoms with Crippen LogP contribution < -0.4 is 5.32 Å². The minimum Gasteiger partial charge on any atom is -0.353 e. The van der Waals surface area contributed by atoms with Gasteiger partial charge >= 0.3 is 0 Å². The number of likely N-dealkylation sites (tertiary alicyclic amines) is 1. The molecule has 122 valence electrons. The fourth-order valence-electron chi connectivity index (χ4n) is 3.29. The molecule has 0 saturated carbocycles. The van der Waals surface area contributed by atoms with Crippen LogP contribution in [0.3, 0.4) is 0 Å². The first kappa shape index (κ1) is 16.1. The van der Waals surface area contributed by atoms with Gasteiger partial charge in [0.05, 0.1) is 12.6 Å². The first-order valence-corrected chi connectivity index (χ1v) is 8.34. The van der Waals surface area contributed by atoms with E-state index in [4.69, 9.17) is 11.6 Å². The third-order valence-electron chi connectivity index (χ3n) is 4.58. The highest BCUT2D eigenvalue weighted by molar-refractivity contribution is 6.31. The molecule has 23 heavy (non-hydrogen) atoms. The maximum atomic E-state index is 12.4. The lowest BCUT2D eigenvalue weighted by Crippen LogP contribution is -2.33. The Labute approximate surface area is 142 Å². The Balaban J connectivity index is 1.67. The van der Waals surface area contributed by atoms with Crippen molar-refractivity contribution in [3.8, 4) is 0 Å². The number of nitrogens with one attached hydrogen (secondary N) is 1. The Morgan fingerprint density at radius 2 is 2.17 bits per heavy atom. The molecule has 0 unspecified atom stereocenters. The Bertz CT molecular complexity index is 710. The van der Waals surface area contributed by atoms with Gasteiger partial charge in [0.1, 0.15) is 0 Å². The van der Waals surface area contributed by atoms with Crippen molar-refractivity contribution >= 4 is 23.2 Å². The van der Waals surface area contributed by atoms with Gasteiger partial charge in [0.25, 0.3) is 0 Å². The fraction of sp³-hybridized carbons (Fsp3) is 0.389. The minimum absolute atomic E-state index is 0.0106. The molecular formula is C18H22ClN3O. The topological polar surface area (TPSA) is 37.3 Å². The van der Waals surface area contributed by atoms with Crippen molar-refractivity contribution in [3.63, 3.8) is 0 Å². The van der Waals surface area contributed by atoms with Crippen LogP contribution in [0.1, 0.15) is 30.1 Å². The summed E-state index contributed by atoms with van der Waals surface area (Å²) in [5.41, 5.74) is 2.97. The van der Waals surface area contributed by atoms with E-state index in [1.807, 2.05) is 25.1 Å². The molecule has 0 radical (unpaired) electrons. The lowest BCUT2D eigenvalue weighted by molar-refractivity contribution is -0.117. The maximum absolute atomic E-state index is 12.4. The SMILES string of the molecule is Cc1c(Cl)cccc1NC(=O)CN1CCC[C@@H]1c1cccn1C. The number of carbonyl (C=O) groups excluding carboxylic acids is 1. The van der Waals surface area contributed by atoms with Crippen molar-refractivity contribution in [2.75, 3.05) is 18.4 Å². The van der Waals surface area contributed by atoms with E-state index < -0.39 is 0 Å². The Hall–Kier alpha value is -1.78. The predicted octanol–water partition coefficient (Wildman–Crippen LogP) is 3.76. The van der Waals surface area contributed by atoms with Crippen molar-refractivity contribution < 1.29 is 4.79 Å². The molecule has 1 aliphatic rings. The van der Waals surface area contributed by atoms with E-state index in [9.17, 15) is 4.79 Å². The summed E-state index contributed by atoms with van der Waals surface area (Å²) in [5, 5.41) is 3.66. The van der Waals surface area contributed by atoms with Crippen LogP contribution in [0.15, 0.2) is 36.5 Å². The zero-order valence-electron chi connectivity index (χ0n) is 13.6. The Morgan fingerprint density at radius 3 is 2.91 bits per heavy atom. The molecule has 1 fully saturated rings. The van der Waals surface area contributed by atoms with Crippen LogP contribution in [-0.2, 0) is 11.8 Å². The van der Waals surface area contributed by atoms with Crippen LogP contribution in [0.5, 0.6) is 0 Å². The quantitative estimate of drug-likeness (QED) is 0.926. The third-order valence-corrected chi connectivity index (χ3v) is 4.99. The summed E-state index contributed by atoms with van der Waals surface area (Å²) in [6.07, 6.45) is 4.28. The Kier molecular flexibility index (Phi) is 4.74. The number of aryl methyl sites for hydroxylation is 1. The van der Waals surface area contributed by atoms with Crippen molar-refractivity contribution in [2.45, 2.75) is 25.8 Å². The van der Waals surface area contributed by atoms with Crippen LogP contribution in [0.4, 0.5) is 5.69 Å². The molecule has 1 saturated heterocycles. The van der Waals surface area contributed by atoms with Crippen molar-refractivity contribution in [2.24, 2.45) is 7.05 Å². The summed E-state index contributed by atoms with van der Waals surface area (Å²) in [7, 11) is 2.06. The number of aromatic nitrogens is 1. The van der Waals surface area contributed by atoms with Gasteiger partial charge in [0.15, 0.2) is 0 Å². The zero-order valence-corrected chi connectivity index (χ0v) is 14.3. The Morgan fingerprint density at radius 1 is 1.35 bits per heavy atom. The van der Waals surface area contributed by atoms with Crippen LogP contribution in [0, 0.1) is 6.92 Å². The number of anilines is 1. The molecule has 4 nitrogen and oxygen atoms in total. The summed E-state index contributed by atoms with van der Waals surface area (Å²) < 4.78 is 2.14. The molecule has 0 bridgehead atoms. The number of hydrogen-bond acceptors (Lipinski definition) is 2. The second-order valence-electron chi connectivity index (χ2n) is 6.13. The lowest BCUT2D eigenvalue weighted by Gasteiger charge is -2.24. The molecule has 1 atom stereocenters. The van der Waals surface area contributed by atoms with Crippen LogP contribution >= 0.6 is 11.6 Å². The number of carbonyl (C=O) groups is 1. The van der Waals surface area contributed by atoms with E-state index in [-0.39, 0.29) is 5.91 Å². The highest BCUT2D eigenvalue weighted by Crippen LogP contribution is 2.31. The van der Waals surface area contributed by atoms with Gasteiger partial charge in [-0.1, -0.05) is 17.7 Å². The van der Waals surface area contributed by atoms with Crippen molar-refractivity contribution in [1.82, 2.24) is 9.47 Å². The van der Waals surface area contributed by atoms with E-state index in [0.29, 0.717) is 17.6 Å². The molecule has 2 heterocycles. The van der Waals surface area contributed by atoms with E-state index in [2.05, 4.69) is 40.2 Å². The van der Waals surface area contributed by atoms with Gasteiger partial charge in [-0.05, 0) is 56.1 Å². The smallest absolute Gasteiger partial charge is 0.238 e. The fourth-order valence-corrected chi connectivity index (χ4v) is 3.46. The van der Waals surface area contributed by atoms with Gasteiger partial charge in [-0.2, -0.15) is 0 Å².